The highest BCUT2D eigenvalue weighted by Gasteiger charge is 2.01. The SMILES string of the molecule is c1ccc(-[n+]2ccc[nH]2)cc1. The van der Waals surface area contributed by atoms with E-state index in [1.54, 1.807) is 0 Å². The van der Waals surface area contributed by atoms with Gasteiger partial charge in [0.1, 0.15) is 0 Å². The lowest BCUT2D eigenvalue weighted by atomic mass is 10.3. The van der Waals surface area contributed by atoms with E-state index in [2.05, 4.69) is 17.2 Å². The molecule has 2 nitrogen and oxygen atoms in total. The van der Waals surface area contributed by atoms with Gasteiger partial charge in [-0.15, -0.1) is 0 Å². The topological polar surface area (TPSA) is 19.7 Å². The highest BCUT2D eigenvalue weighted by molar-refractivity contribution is 5.20. The molecule has 0 aliphatic carbocycles. The second-order valence-corrected chi connectivity index (χ2v) is 2.34. The largest absolute Gasteiger partial charge is 0.235 e. The molecule has 0 amide bonds. The van der Waals surface area contributed by atoms with Crippen LogP contribution in [0.1, 0.15) is 0 Å². The van der Waals surface area contributed by atoms with Crippen molar-refractivity contribution in [2.24, 2.45) is 0 Å². The predicted molar refractivity (Wildman–Crippen MR) is 42.3 cm³/mol. The monoisotopic (exact) mass is 145 g/mol. The Hall–Kier alpha value is -1.57. The van der Waals surface area contributed by atoms with Crippen LogP contribution in [0.2, 0.25) is 0 Å². The van der Waals surface area contributed by atoms with E-state index in [0.29, 0.717) is 0 Å². The van der Waals surface area contributed by atoms with E-state index < -0.39 is 0 Å². The summed E-state index contributed by atoms with van der Waals surface area (Å²) in [6, 6.07) is 12.1. The van der Waals surface area contributed by atoms with Crippen molar-refractivity contribution in [2.45, 2.75) is 0 Å². The summed E-state index contributed by atoms with van der Waals surface area (Å²) in [5.41, 5.74) is 1.15. The van der Waals surface area contributed by atoms with Gasteiger partial charge in [-0.25, -0.2) is 0 Å². The van der Waals surface area contributed by atoms with Gasteiger partial charge >= 0.3 is 0 Å². The molecular weight excluding hydrogens is 136 g/mol. The first kappa shape index (κ1) is 6.16. The first-order chi connectivity index (χ1) is 5.47. The van der Waals surface area contributed by atoms with E-state index in [1.165, 1.54) is 0 Å². The van der Waals surface area contributed by atoms with Crippen molar-refractivity contribution < 1.29 is 4.68 Å². The number of benzene rings is 1. The molecule has 0 unspecified atom stereocenters. The fourth-order valence-corrected chi connectivity index (χ4v) is 1.04. The van der Waals surface area contributed by atoms with Gasteiger partial charge in [0.2, 0.25) is 11.9 Å². The molecule has 0 saturated heterocycles. The molecule has 0 bridgehead atoms. The average molecular weight is 145 g/mol. The van der Waals surface area contributed by atoms with Gasteiger partial charge in [0.25, 0.3) is 0 Å². The fourth-order valence-electron chi connectivity index (χ4n) is 1.04. The van der Waals surface area contributed by atoms with Crippen molar-refractivity contribution in [3.05, 3.63) is 48.8 Å². The van der Waals surface area contributed by atoms with Crippen molar-refractivity contribution in [3.63, 3.8) is 0 Å². The van der Waals surface area contributed by atoms with E-state index in [1.807, 2.05) is 41.3 Å². The van der Waals surface area contributed by atoms with E-state index in [9.17, 15) is 0 Å². The Morgan fingerprint density at radius 2 is 1.82 bits per heavy atom. The second kappa shape index (κ2) is 2.58. The maximum absolute atomic E-state index is 3.07. The Kier molecular flexibility index (Phi) is 1.44. The van der Waals surface area contributed by atoms with E-state index in [4.69, 9.17) is 0 Å². The molecule has 54 valence electrons. The number of H-pyrrole nitrogens is 1. The zero-order chi connectivity index (χ0) is 7.52. The number of para-hydroxylation sites is 1. The minimum absolute atomic E-state index is 1.15. The lowest BCUT2D eigenvalue weighted by Crippen LogP contribution is -2.30. The molecule has 1 N–H and O–H groups in total. The van der Waals surface area contributed by atoms with Gasteiger partial charge in [-0.2, -0.15) is 5.10 Å². The summed E-state index contributed by atoms with van der Waals surface area (Å²) >= 11 is 0. The van der Waals surface area contributed by atoms with Gasteiger partial charge in [-0.3, -0.25) is 0 Å². The molecule has 0 atom stereocenters. The van der Waals surface area contributed by atoms with Crippen LogP contribution in [-0.2, 0) is 0 Å². The zero-order valence-electron chi connectivity index (χ0n) is 6.07. The smallest absolute Gasteiger partial charge is 0.167 e. The lowest BCUT2D eigenvalue weighted by Gasteiger charge is -1.87. The normalized spacial score (nSPS) is 9.82. The molecule has 0 spiro atoms. The summed E-state index contributed by atoms with van der Waals surface area (Å²) in [5.74, 6) is 0. The molecule has 0 aliphatic rings. The van der Waals surface area contributed by atoms with Crippen LogP contribution in [-0.4, -0.2) is 5.10 Å². The van der Waals surface area contributed by atoms with Gasteiger partial charge in [0.05, 0.1) is 6.20 Å². The van der Waals surface area contributed by atoms with Gasteiger partial charge in [-0.1, -0.05) is 22.9 Å². The highest BCUT2D eigenvalue weighted by Crippen LogP contribution is 1.94. The maximum Gasteiger partial charge on any atom is 0.235 e. The summed E-state index contributed by atoms with van der Waals surface area (Å²) in [5, 5.41) is 3.07. The average Bonchev–Trinajstić information content (AvgIpc) is 2.58. The quantitative estimate of drug-likeness (QED) is 0.583. The van der Waals surface area contributed by atoms with Crippen LogP contribution >= 0.6 is 0 Å². The fraction of sp³-hybridized carbons (Fsp3) is 0. The van der Waals surface area contributed by atoms with E-state index in [0.717, 1.165) is 5.69 Å². The number of rotatable bonds is 1. The Morgan fingerprint density at radius 3 is 2.45 bits per heavy atom. The van der Waals surface area contributed by atoms with Crippen LogP contribution in [0.4, 0.5) is 0 Å². The molecule has 0 aliphatic heterocycles. The van der Waals surface area contributed by atoms with Gasteiger partial charge in [0.15, 0.2) is 0 Å². The van der Waals surface area contributed by atoms with Gasteiger partial charge in [0, 0.05) is 18.2 Å². The molecule has 1 aromatic heterocycles. The number of hydrogen-bond donors (Lipinski definition) is 1. The molecule has 0 radical (unpaired) electrons. The Balaban J connectivity index is 2.46. The molecule has 11 heavy (non-hydrogen) atoms. The minimum Gasteiger partial charge on any atom is -0.167 e. The molecule has 1 heterocycles. The molecule has 2 heteroatoms. The van der Waals surface area contributed by atoms with Crippen molar-refractivity contribution in [2.75, 3.05) is 0 Å². The molecule has 2 rings (SSSR count). The molecule has 0 saturated carbocycles. The van der Waals surface area contributed by atoms with Crippen molar-refractivity contribution in [1.82, 2.24) is 5.10 Å². The standard InChI is InChI=1S/C9H8N2/c1-2-5-9(6-3-1)11-8-4-7-10-11/h1-8H/p+1. The van der Waals surface area contributed by atoms with Crippen molar-refractivity contribution in [1.29, 1.82) is 0 Å². The number of nitrogens with one attached hydrogen (secondary N) is 1. The Bertz CT molecular complexity index is 311. The molecule has 1 aromatic carbocycles. The summed E-state index contributed by atoms with van der Waals surface area (Å²) in [4.78, 5) is 0. The van der Waals surface area contributed by atoms with Crippen molar-refractivity contribution >= 4 is 0 Å². The summed E-state index contributed by atoms with van der Waals surface area (Å²) < 4.78 is 1.96. The van der Waals surface area contributed by atoms with E-state index >= 15 is 0 Å². The van der Waals surface area contributed by atoms with Crippen molar-refractivity contribution in [3.8, 4) is 5.69 Å². The zero-order valence-corrected chi connectivity index (χ0v) is 6.07. The minimum atomic E-state index is 1.15. The lowest BCUT2D eigenvalue weighted by molar-refractivity contribution is -0.655. The molecule has 0 fully saturated rings. The van der Waals surface area contributed by atoms with Crippen LogP contribution < -0.4 is 4.68 Å². The van der Waals surface area contributed by atoms with Crippen LogP contribution in [0.5, 0.6) is 0 Å². The Labute approximate surface area is 65.1 Å². The number of aromatic amines is 1. The first-order valence-corrected chi connectivity index (χ1v) is 3.57. The number of aromatic nitrogens is 2. The highest BCUT2D eigenvalue weighted by atomic mass is 15.3. The Morgan fingerprint density at radius 1 is 1.00 bits per heavy atom. The number of hydrogen-bond acceptors (Lipinski definition) is 0. The predicted octanol–water partition coefficient (Wildman–Crippen LogP) is 1.29. The maximum atomic E-state index is 3.07. The third-order valence-electron chi connectivity index (χ3n) is 1.58. The summed E-state index contributed by atoms with van der Waals surface area (Å²) in [6.45, 7) is 0. The summed E-state index contributed by atoms with van der Waals surface area (Å²) in [6.07, 6.45) is 3.88. The third-order valence-corrected chi connectivity index (χ3v) is 1.58. The first-order valence-electron chi connectivity index (χ1n) is 3.57. The van der Waals surface area contributed by atoms with E-state index in [-0.39, 0.29) is 0 Å². The van der Waals surface area contributed by atoms with Crippen LogP contribution in [0, 0.1) is 0 Å². The molecular formula is C9H9N2+. The molecule has 2 aromatic rings. The second-order valence-electron chi connectivity index (χ2n) is 2.34. The van der Waals surface area contributed by atoms with Crippen LogP contribution in [0.15, 0.2) is 48.8 Å². The van der Waals surface area contributed by atoms with Gasteiger partial charge < -0.3 is 0 Å². The third kappa shape index (κ3) is 1.15. The number of nitrogens with zero attached hydrogens (tertiary/aromatic N) is 1. The van der Waals surface area contributed by atoms with Gasteiger partial charge in [-0.05, 0) is 0 Å². The van der Waals surface area contributed by atoms with Crippen LogP contribution in [0.25, 0.3) is 5.69 Å². The van der Waals surface area contributed by atoms with Crippen LogP contribution in [0.3, 0.4) is 0 Å². The summed E-state index contributed by atoms with van der Waals surface area (Å²) in [7, 11) is 0.